The second-order valence-corrected chi connectivity index (χ2v) is 9.10. The van der Waals surface area contributed by atoms with Gasteiger partial charge in [0.2, 0.25) is 0 Å². The van der Waals surface area contributed by atoms with Gasteiger partial charge in [-0.05, 0) is 49.7 Å². The van der Waals surface area contributed by atoms with Crippen LogP contribution in [0.3, 0.4) is 0 Å². The van der Waals surface area contributed by atoms with Gasteiger partial charge in [-0.15, -0.1) is 0 Å². The van der Waals surface area contributed by atoms with E-state index in [0.29, 0.717) is 18.7 Å². The van der Waals surface area contributed by atoms with Crippen molar-refractivity contribution in [3.8, 4) is 0 Å². The summed E-state index contributed by atoms with van der Waals surface area (Å²) in [5, 5.41) is 0.729. The Kier molecular flexibility index (Phi) is 6.58. The van der Waals surface area contributed by atoms with Crippen molar-refractivity contribution < 1.29 is 4.79 Å². The number of halogens is 2. The number of carbonyl (C=O) groups excluding carboxylic acids is 1. The number of nitrogens with zero attached hydrogens (tertiary/aromatic N) is 4. The lowest BCUT2D eigenvalue weighted by Gasteiger charge is -2.36. The number of hydrogen-bond acceptors (Lipinski definition) is 4. The van der Waals surface area contributed by atoms with Gasteiger partial charge in [0, 0.05) is 58.9 Å². The molecule has 1 fully saturated rings. The van der Waals surface area contributed by atoms with Crippen LogP contribution in [0.4, 0.5) is 5.82 Å². The van der Waals surface area contributed by atoms with Crippen molar-refractivity contribution in [1.29, 1.82) is 0 Å². The molecule has 1 amide bonds. The molecule has 1 saturated heterocycles. The average molecular weight is 500 g/mol. The van der Waals surface area contributed by atoms with Crippen LogP contribution < -0.4 is 4.90 Å². The predicted octanol–water partition coefficient (Wildman–Crippen LogP) is 5.06. The molecule has 3 aromatic rings. The minimum Gasteiger partial charge on any atom is -0.353 e. The highest BCUT2D eigenvalue weighted by Gasteiger charge is 2.25. The summed E-state index contributed by atoms with van der Waals surface area (Å²) < 4.78 is 0.913. The summed E-state index contributed by atoms with van der Waals surface area (Å²) in [7, 11) is 0. The number of amides is 1. The van der Waals surface area contributed by atoms with Crippen molar-refractivity contribution in [3.63, 3.8) is 0 Å². The SMILES string of the molecule is Cc1nc(C)c(Cc2ccc(Cl)cc2)c(N2CCN(C(=O)c3cccc(Br)c3)CC2)n1. The smallest absolute Gasteiger partial charge is 0.254 e. The molecule has 4 rings (SSSR count). The van der Waals surface area contributed by atoms with Crippen molar-refractivity contribution in [2.75, 3.05) is 31.1 Å². The Hall–Kier alpha value is -2.44. The number of aryl methyl sites for hydroxylation is 2. The van der Waals surface area contributed by atoms with E-state index < -0.39 is 0 Å². The first kappa shape index (κ1) is 21.8. The lowest BCUT2D eigenvalue weighted by molar-refractivity contribution is 0.0746. The standard InChI is InChI=1S/C24H24BrClN4O/c1-16-22(14-18-6-8-21(26)9-7-18)23(28-17(2)27-16)29-10-12-30(13-11-29)24(31)19-4-3-5-20(25)15-19/h3-9,15H,10-14H2,1-2H3. The molecule has 1 aliphatic rings. The Labute approximate surface area is 196 Å². The molecule has 160 valence electrons. The van der Waals surface area contributed by atoms with Crippen molar-refractivity contribution >= 4 is 39.3 Å². The second kappa shape index (κ2) is 9.37. The molecule has 2 heterocycles. The van der Waals surface area contributed by atoms with E-state index in [1.54, 1.807) is 0 Å². The van der Waals surface area contributed by atoms with Crippen molar-refractivity contribution in [2.24, 2.45) is 0 Å². The number of hydrogen-bond donors (Lipinski definition) is 0. The van der Waals surface area contributed by atoms with Crippen LogP contribution in [0.5, 0.6) is 0 Å². The maximum Gasteiger partial charge on any atom is 0.254 e. The van der Waals surface area contributed by atoms with Crippen LogP contribution in [0.25, 0.3) is 0 Å². The highest BCUT2D eigenvalue weighted by Crippen LogP contribution is 2.26. The summed E-state index contributed by atoms with van der Waals surface area (Å²) in [6.45, 7) is 6.76. The zero-order chi connectivity index (χ0) is 22.0. The topological polar surface area (TPSA) is 49.3 Å². The summed E-state index contributed by atoms with van der Waals surface area (Å²) in [5.74, 6) is 1.80. The van der Waals surface area contributed by atoms with Crippen LogP contribution in [0.1, 0.15) is 33.0 Å². The van der Waals surface area contributed by atoms with Crippen molar-refractivity contribution in [1.82, 2.24) is 14.9 Å². The van der Waals surface area contributed by atoms with E-state index in [-0.39, 0.29) is 5.91 Å². The predicted molar refractivity (Wildman–Crippen MR) is 128 cm³/mol. The third kappa shape index (κ3) is 5.08. The molecule has 1 aromatic heterocycles. The van der Waals surface area contributed by atoms with Gasteiger partial charge in [0.25, 0.3) is 5.91 Å². The molecule has 0 spiro atoms. The number of piperazine rings is 1. The van der Waals surface area contributed by atoms with E-state index in [4.69, 9.17) is 16.6 Å². The molecule has 5 nitrogen and oxygen atoms in total. The van der Waals surface area contributed by atoms with Crippen molar-refractivity contribution in [3.05, 3.63) is 86.2 Å². The molecular formula is C24H24BrClN4O. The van der Waals surface area contributed by atoms with E-state index in [1.165, 1.54) is 5.56 Å². The maximum absolute atomic E-state index is 12.9. The molecule has 0 saturated carbocycles. The fourth-order valence-electron chi connectivity index (χ4n) is 3.92. The fourth-order valence-corrected chi connectivity index (χ4v) is 4.44. The highest BCUT2D eigenvalue weighted by atomic mass is 79.9. The van der Waals surface area contributed by atoms with Crippen LogP contribution in [0.2, 0.25) is 5.02 Å². The Morgan fingerprint density at radius 1 is 1.03 bits per heavy atom. The van der Waals surface area contributed by atoms with Crippen LogP contribution >= 0.6 is 27.5 Å². The summed E-state index contributed by atoms with van der Waals surface area (Å²) in [6.07, 6.45) is 0.746. The molecule has 31 heavy (non-hydrogen) atoms. The Bertz CT molecular complexity index is 1100. The van der Waals surface area contributed by atoms with E-state index in [1.807, 2.05) is 67.3 Å². The zero-order valence-electron chi connectivity index (χ0n) is 17.6. The van der Waals surface area contributed by atoms with Gasteiger partial charge in [0.05, 0.1) is 0 Å². The quantitative estimate of drug-likeness (QED) is 0.503. The number of rotatable bonds is 4. The third-order valence-electron chi connectivity index (χ3n) is 5.54. The van der Waals surface area contributed by atoms with Gasteiger partial charge in [-0.2, -0.15) is 0 Å². The molecule has 1 aliphatic heterocycles. The molecule has 0 aliphatic carbocycles. The lowest BCUT2D eigenvalue weighted by atomic mass is 10.0. The highest BCUT2D eigenvalue weighted by molar-refractivity contribution is 9.10. The van der Waals surface area contributed by atoms with E-state index in [9.17, 15) is 4.79 Å². The zero-order valence-corrected chi connectivity index (χ0v) is 19.9. The van der Waals surface area contributed by atoms with E-state index in [2.05, 4.69) is 25.8 Å². The Balaban J connectivity index is 1.52. The first-order valence-electron chi connectivity index (χ1n) is 10.3. The normalized spacial score (nSPS) is 14.1. The summed E-state index contributed by atoms with van der Waals surface area (Å²) in [5.41, 5.74) is 3.99. The summed E-state index contributed by atoms with van der Waals surface area (Å²) in [6, 6.07) is 15.5. The average Bonchev–Trinajstić information content (AvgIpc) is 2.76. The van der Waals surface area contributed by atoms with E-state index >= 15 is 0 Å². The number of carbonyl (C=O) groups is 1. The Morgan fingerprint density at radius 2 is 1.74 bits per heavy atom. The van der Waals surface area contributed by atoms with Gasteiger partial charge in [-0.1, -0.05) is 45.7 Å². The Morgan fingerprint density at radius 3 is 2.42 bits per heavy atom. The van der Waals surface area contributed by atoms with Crippen LogP contribution in [-0.4, -0.2) is 47.0 Å². The van der Waals surface area contributed by atoms with Crippen LogP contribution in [0, 0.1) is 13.8 Å². The molecule has 0 atom stereocenters. The number of benzene rings is 2. The molecule has 0 unspecified atom stereocenters. The van der Waals surface area contributed by atoms with Crippen LogP contribution in [-0.2, 0) is 6.42 Å². The van der Waals surface area contributed by atoms with Crippen molar-refractivity contribution in [2.45, 2.75) is 20.3 Å². The van der Waals surface area contributed by atoms with Gasteiger partial charge >= 0.3 is 0 Å². The second-order valence-electron chi connectivity index (χ2n) is 7.75. The molecule has 0 bridgehead atoms. The van der Waals surface area contributed by atoms with Gasteiger partial charge in [0.15, 0.2) is 0 Å². The van der Waals surface area contributed by atoms with Gasteiger partial charge < -0.3 is 9.80 Å². The van der Waals surface area contributed by atoms with Gasteiger partial charge in [0.1, 0.15) is 11.6 Å². The summed E-state index contributed by atoms with van der Waals surface area (Å²) >= 11 is 9.49. The molecule has 7 heteroatoms. The maximum atomic E-state index is 12.9. The van der Waals surface area contributed by atoms with Gasteiger partial charge in [-0.3, -0.25) is 4.79 Å². The molecule has 0 N–H and O–H groups in total. The third-order valence-corrected chi connectivity index (χ3v) is 6.28. The minimum atomic E-state index is 0.0670. The largest absolute Gasteiger partial charge is 0.353 e. The minimum absolute atomic E-state index is 0.0670. The van der Waals surface area contributed by atoms with Crippen LogP contribution in [0.15, 0.2) is 53.0 Å². The van der Waals surface area contributed by atoms with Gasteiger partial charge in [-0.25, -0.2) is 9.97 Å². The molecular weight excluding hydrogens is 476 g/mol. The first-order chi connectivity index (χ1) is 14.9. The molecule has 0 radical (unpaired) electrons. The fraction of sp³-hybridized carbons (Fsp3) is 0.292. The number of anilines is 1. The number of aromatic nitrogens is 2. The summed E-state index contributed by atoms with van der Waals surface area (Å²) in [4.78, 5) is 26.5. The first-order valence-corrected chi connectivity index (χ1v) is 11.5. The van der Waals surface area contributed by atoms with E-state index in [0.717, 1.165) is 51.9 Å². The monoisotopic (exact) mass is 498 g/mol. The lowest BCUT2D eigenvalue weighted by Crippen LogP contribution is -2.49. The molecule has 2 aromatic carbocycles.